The number of aliphatic carboxylic acids is 2. The first-order chi connectivity index (χ1) is 14.1. The van der Waals surface area contributed by atoms with Gasteiger partial charge in [0.25, 0.3) is 0 Å². The third-order valence-electron chi connectivity index (χ3n) is 3.68. The average molecular weight is 438 g/mol. The molecule has 0 radical (unpaired) electrons. The van der Waals surface area contributed by atoms with Gasteiger partial charge in [-0.3, -0.25) is 4.21 Å². The van der Waals surface area contributed by atoms with E-state index >= 15 is 0 Å². The minimum atomic E-state index is -1.82. The molecule has 2 atom stereocenters. The summed E-state index contributed by atoms with van der Waals surface area (Å²) in [6.07, 6.45) is -0.630. The van der Waals surface area contributed by atoms with Gasteiger partial charge in [-0.25, -0.2) is 9.59 Å². The highest BCUT2D eigenvalue weighted by Gasteiger charge is 2.22. The summed E-state index contributed by atoms with van der Waals surface area (Å²) in [6, 6.07) is 18.8. The van der Waals surface area contributed by atoms with Crippen LogP contribution in [-0.4, -0.2) is 62.0 Å². The topological polar surface area (TPSA) is 133 Å². The molecule has 0 saturated heterocycles. The van der Waals surface area contributed by atoms with Crippen LogP contribution in [0.5, 0.6) is 5.75 Å². The molecule has 0 spiro atoms. The van der Waals surface area contributed by atoms with Gasteiger partial charge in [0.15, 0.2) is 0 Å². The van der Waals surface area contributed by atoms with Crippen molar-refractivity contribution in [2.45, 2.75) is 30.4 Å². The van der Waals surface area contributed by atoms with Crippen molar-refractivity contribution >= 4 is 22.7 Å². The summed E-state index contributed by atoms with van der Waals surface area (Å²) in [4.78, 5) is 19.0. The molecule has 0 bridgehead atoms. The Balaban J connectivity index is 0.000000656. The predicted molar refractivity (Wildman–Crippen MR) is 113 cm³/mol. The van der Waals surface area contributed by atoms with Crippen molar-refractivity contribution in [3.05, 3.63) is 60.7 Å². The summed E-state index contributed by atoms with van der Waals surface area (Å²) in [7, 11) is -1.08. The van der Waals surface area contributed by atoms with Crippen molar-refractivity contribution in [3.63, 3.8) is 0 Å². The molecule has 0 aromatic heterocycles. The fourth-order valence-corrected chi connectivity index (χ4v) is 3.58. The zero-order valence-electron chi connectivity index (χ0n) is 16.9. The first-order valence-corrected chi connectivity index (χ1v) is 10.4. The second-order valence-corrected chi connectivity index (χ2v) is 8.41. The Kier molecular flexibility index (Phi) is 10.7. The second kappa shape index (κ2) is 12.7. The number of aliphatic hydroxyl groups excluding tert-OH is 1. The van der Waals surface area contributed by atoms with Gasteiger partial charge < -0.3 is 25.4 Å². The normalized spacial score (nSPS) is 12.8. The molecule has 0 aliphatic rings. The third kappa shape index (κ3) is 10.7. The summed E-state index contributed by atoms with van der Waals surface area (Å²) in [5.74, 6) is -2.44. The van der Waals surface area contributed by atoms with Crippen LogP contribution in [0.1, 0.15) is 13.8 Å². The lowest BCUT2D eigenvalue weighted by Crippen LogP contribution is -2.48. The highest BCUT2D eigenvalue weighted by atomic mass is 32.2. The molecule has 2 rings (SSSR count). The Labute approximate surface area is 178 Å². The molecule has 9 heteroatoms. The first-order valence-electron chi connectivity index (χ1n) is 9.11. The molecule has 164 valence electrons. The number of ether oxygens (including phenoxy) is 1. The van der Waals surface area contributed by atoms with Gasteiger partial charge in [-0.1, -0.05) is 36.4 Å². The van der Waals surface area contributed by atoms with E-state index < -0.39 is 28.8 Å². The molecule has 8 nitrogen and oxygen atoms in total. The van der Waals surface area contributed by atoms with E-state index in [-0.39, 0.29) is 12.1 Å². The third-order valence-corrected chi connectivity index (χ3v) is 5.46. The highest BCUT2D eigenvalue weighted by Crippen LogP contribution is 2.13. The van der Waals surface area contributed by atoms with Gasteiger partial charge in [-0.05, 0) is 38.1 Å². The lowest BCUT2D eigenvalue weighted by molar-refractivity contribution is -0.159. The molecule has 0 aliphatic carbocycles. The number of aliphatic hydroxyl groups is 1. The van der Waals surface area contributed by atoms with E-state index in [9.17, 15) is 9.32 Å². The molecule has 0 fully saturated rings. The van der Waals surface area contributed by atoms with Crippen molar-refractivity contribution in [3.8, 4) is 5.75 Å². The quantitative estimate of drug-likeness (QED) is 0.436. The smallest absolute Gasteiger partial charge is 0.414 e. The molecule has 30 heavy (non-hydrogen) atoms. The highest BCUT2D eigenvalue weighted by molar-refractivity contribution is 7.85. The number of hydrogen-bond donors (Lipinski definition) is 4. The summed E-state index contributed by atoms with van der Waals surface area (Å²) in [5, 5.41) is 28.1. The molecular weight excluding hydrogens is 410 g/mol. The Morgan fingerprint density at radius 1 is 1.00 bits per heavy atom. The van der Waals surface area contributed by atoms with Crippen molar-refractivity contribution in [2.24, 2.45) is 0 Å². The number of rotatable bonds is 9. The van der Waals surface area contributed by atoms with Crippen LogP contribution in [0, 0.1) is 0 Å². The van der Waals surface area contributed by atoms with Gasteiger partial charge in [-0.2, -0.15) is 0 Å². The van der Waals surface area contributed by atoms with Crippen LogP contribution in [0.15, 0.2) is 65.6 Å². The largest absolute Gasteiger partial charge is 0.491 e. The molecule has 2 unspecified atom stereocenters. The number of nitrogens with one attached hydrogen (secondary N) is 1. The van der Waals surface area contributed by atoms with Crippen molar-refractivity contribution in [1.82, 2.24) is 5.32 Å². The maximum atomic E-state index is 12.4. The molecule has 4 N–H and O–H groups in total. The Bertz CT molecular complexity index is 801. The van der Waals surface area contributed by atoms with Crippen LogP contribution in [0.2, 0.25) is 0 Å². The molecule has 0 amide bonds. The Morgan fingerprint density at radius 3 is 2.00 bits per heavy atom. The van der Waals surface area contributed by atoms with Gasteiger partial charge in [0.05, 0.1) is 10.8 Å². The van der Waals surface area contributed by atoms with Gasteiger partial charge >= 0.3 is 11.9 Å². The maximum absolute atomic E-state index is 12.4. The lowest BCUT2D eigenvalue weighted by Gasteiger charge is -2.27. The van der Waals surface area contributed by atoms with E-state index in [1.54, 1.807) is 0 Å². The van der Waals surface area contributed by atoms with E-state index in [4.69, 9.17) is 24.5 Å². The van der Waals surface area contributed by atoms with Gasteiger partial charge in [-0.15, -0.1) is 0 Å². The molecule has 2 aromatic carbocycles. The standard InChI is InChI=1S/C19H25NO3S.C2H2O4/c1-19(2,15-24(22)18-11-7-4-8-12-18)20-13-16(21)14-23-17-9-5-3-6-10-17;3-1(4)2(5)6/h3-12,16,20-21H,13-15H2,1-2H3;(H,3,4)(H,5,6). The molecule has 0 heterocycles. The van der Waals surface area contributed by atoms with E-state index in [1.807, 2.05) is 74.5 Å². The Hall–Kier alpha value is -2.75. The van der Waals surface area contributed by atoms with E-state index in [2.05, 4.69) is 5.32 Å². The SMILES string of the molecule is CC(C)(CS(=O)c1ccccc1)NCC(O)COc1ccccc1.O=C(O)C(=O)O. The number of carboxylic acids is 2. The van der Waals surface area contributed by atoms with E-state index in [0.717, 1.165) is 10.6 Å². The van der Waals surface area contributed by atoms with Crippen LogP contribution < -0.4 is 10.1 Å². The average Bonchev–Trinajstić information content (AvgIpc) is 2.72. The second-order valence-electron chi connectivity index (χ2n) is 6.96. The number of carboxylic acid groups (broad SMARTS) is 2. The predicted octanol–water partition coefficient (Wildman–Crippen LogP) is 1.76. The molecular formula is C21H27NO7S. The Morgan fingerprint density at radius 2 is 1.50 bits per heavy atom. The lowest BCUT2D eigenvalue weighted by atomic mass is 10.1. The monoisotopic (exact) mass is 437 g/mol. The number of para-hydroxylation sites is 1. The minimum Gasteiger partial charge on any atom is -0.491 e. The van der Waals surface area contributed by atoms with Crippen molar-refractivity contribution < 1.29 is 33.9 Å². The molecule has 0 saturated carbocycles. The number of carbonyl (C=O) groups is 2. The van der Waals surface area contributed by atoms with E-state index in [1.165, 1.54) is 0 Å². The fourth-order valence-electron chi connectivity index (χ4n) is 2.20. The number of hydrogen-bond acceptors (Lipinski definition) is 6. The van der Waals surface area contributed by atoms with Crippen LogP contribution in [0.25, 0.3) is 0 Å². The van der Waals surface area contributed by atoms with Gasteiger partial charge in [0, 0.05) is 22.7 Å². The van der Waals surface area contributed by atoms with Crippen LogP contribution in [0.3, 0.4) is 0 Å². The fraction of sp³-hybridized carbons (Fsp3) is 0.333. The summed E-state index contributed by atoms with van der Waals surface area (Å²) in [5.41, 5.74) is -0.353. The van der Waals surface area contributed by atoms with Crippen molar-refractivity contribution in [2.75, 3.05) is 18.9 Å². The van der Waals surface area contributed by atoms with Gasteiger partial charge in [0.1, 0.15) is 18.5 Å². The molecule has 0 aliphatic heterocycles. The minimum absolute atomic E-state index is 0.217. The van der Waals surface area contributed by atoms with Crippen LogP contribution >= 0.6 is 0 Å². The summed E-state index contributed by atoms with van der Waals surface area (Å²) < 4.78 is 17.9. The number of β-amino-alcohol motifs (C(OH)–C–C–N with tert-alkyl or cyclic N) is 1. The zero-order valence-corrected chi connectivity index (χ0v) is 17.7. The van der Waals surface area contributed by atoms with Crippen molar-refractivity contribution in [1.29, 1.82) is 0 Å². The van der Waals surface area contributed by atoms with Gasteiger partial charge in [0.2, 0.25) is 0 Å². The summed E-state index contributed by atoms with van der Waals surface area (Å²) in [6.45, 7) is 4.57. The zero-order chi connectivity index (χ0) is 22.6. The summed E-state index contributed by atoms with van der Waals surface area (Å²) >= 11 is 0. The number of benzene rings is 2. The first kappa shape index (κ1) is 25.3. The molecule has 2 aromatic rings. The van der Waals surface area contributed by atoms with Crippen LogP contribution in [-0.2, 0) is 20.4 Å². The van der Waals surface area contributed by atoms with E-state index in [0.29, 0.717) is 12.3 Å². The van der Waals surface area contributed by atoms with Crippen LogP contribution in [0.4, 0.5) is 0 Å². The maximum Gasteiger partial charge on any atom is 0.414 e.